The molecule has 0 aliphatic carbocycles. The third kappa shape index (κ3) is 5.05. The Morgan fingerprint density at radius 2 is 1.89 bits per heavy atom. The van der Waals surface area contributed by atoms with Crippen molar-refractivity contribution in [1.82, 2.24) is 4.90 Å². The van der Waals surface area contributed by atoms with E-state index in [-0.39, 0.29) is 0 Å². The van der Waals surface area contributed by atoms with Gasteiger partial charge in [-0.2, -0.15) is 0 Å². The molecule has 0 fully saturated rings. The van der Waals surface area contributed by atoms with Gasteiger partial charge in [-0.05, 0) is 24.8 Å². The third-order valence-electron chi connectivity index (χ3n) is 3.60. The van der Waals surface area contributed by atoms with Gasteiger partial charge in [0.15, 0.2) is 0 Å². The Balaban J connectivity index is 2.67. The van der Waals surface area contributed by atoms with Crippen LogP contribution in [0.2, 0.25) is 0 Å². The van der Waals surface area contributed by atoms with Crippen LogP contribution in [0.3, 0.4) is 0 Å². The first-order valence-electron chi connectivity index (χ1n) is 7.06. The molecule has 0 spiro atoms. The van der Waals surface area contributed by atoms with Crippen molar-refractivity contribution in [2.75, 3.05) is 6.54 Å². The fourth-order valence-corrected chi connectivity index (χ4v) is 2.14. The second kappa shape index (κ2) is 8.10. The van der Waals surface area contributed by atoms with Crippen LogP contribution < -0.4 is 0 Å². The van der Waals surface area contributed by atoms with Crippen LogP contribution in [0.25, 0.3) is 0 Å². The normalized spacial score (nSPS) is 14.4. The molecule has 0 aliphatic heterocycles. The number of hydrogen-bond acceptors (Lipinski definition) is 1. The Hall–Kier alpha value is -1.08. The van der Waals surface area contributed by atoms with E-state index in [2.05, 4.69) is 62.6 Å². The van der Waals surface area contributed by atoms with Gasteiger partial charge in [0.2, 0.25) is 0 Å². The predicted molar refractivity (Wildman–Crippen MR) is 80.6 cm³/mol. The molecular formula is C17H27N. The lowest BCUT2D eigenvalue weighted by Crippen LogP contribution is -2.35. The minimum atomic E-state index is 0.566. The van der Waals surface area contributed by atoms with Gasteiger partial charge in [-0.15, -0.1) is 6.58 Å². The number of rotatable bonds is 8. The van der Waals surface area contributed by atoms with Crippen molar-refractivity contribution in [2.45, 2.75) is 46.2 Å². The standard InChI is InChI=1S/C17H27N/c1-5-10-16(4)18(13-15(3)6-2)14-17-11-8-7-9-12-17/h5,7-9,11-12,15-16H,1,6,10,13-14H2,2-4H3. The van der Waals surface area contributed by atoms with Crippen molar-refractivity contribution in [3.63, 3.8) is 0 Å². The van der Waals surface area contributed by atoms with Crippen molar-refractivity contribution in [3.05, 3.63) is 48.6 Å². The van der Waals surface area contributed by atoms with E-state index in [0.29, 0.717) is 6.04 Å². The molecule has 0 heterocycles. The highest BCUT2D eigenvalue weighted by molar-refractivity contribution is 5.14. The molecular weight excluding hydrogens is 218 g/mol. The van der Waals surface area contributed by atoms with Crippen molar-refractivity contribution in [2.24, 2.45) is 5.92 Å². The van der Waals surface area contributed by atoms with Gasteiger partial charge in [-0.25, -0.2) is 0 Å². The zero-order valence-electron chi connectivity index (χ0n) is 12.1. The fourth-order valence-electron chi connectivity index (χ4n) is 2.14. The van der Waals surface area contributed by atoms with Crippen LogP contribution in [0.4, 0.5) is 0 Å². The molecule has 100 valence electrons. The largest absolute Gasteiger partial charge is 0.296 e. The molecule has 0 aliphatic rings. The lowest BCUT2D eigenvalue weighted by atomic mass is 10.1. The second-order valence-electron chi connectivity index (χ2n) is 5.30. The van der Waals surface area contributed by atoms with E-state index in [1.807, 2.05) is 6.08 Å². The monoisotopic (exact) mass is 245 g/mol. The van der Waals surface area contributed by atoms with Crippen LogP contribution in [0.15, 0.2) is 43.0 Å². The summed E-state index contributed by atoms with van der Waals surface area (Å²) < 4.78 is 0. The van der Waals surface area contributed by atoms with E-state index in [0.717, 1.165) is 18.9 Å². The van der Waals surface area contributed by atoms with Crippen molar-refractivity contribution >= 4 is 0 Å². The summed E-state index contributed by atoms with van der Waals surface area (Å²) in [6.45, 7) is 13.0. The van der Waals surface area contributed by atoms with Crippen LogP contribution in [0.1, 0.15) is 39.2 Å². The summed E-state index contributed by atoms with van der Waals surface area (Å²) >= 11 is 0. The van der Waals surface area contributed by atoms with Gasteiger partial charge in [0.1, 0.15) is 0 Å². The first-order chi connectivity index (χ1) is 8.67. The molecule has 0 N–H and O–H groups in total. The van der Waals surface area contributed by atoms with Gasteiger partial charge < -0.3 is 0 Å². The van der Waals surface area contributed by atoms with Crippen molar-refractivity contribution in [3.8, 4) is 0 Å². The van der Waals surface area contributed by atoms with Crippen LogP contribution in [-0.2, 0) is 6.54 Å². The molecule has 18 heavy (non-hydrogen) atoms. The molecule has 0 aromatic heterocycles. The summed E-state index contributed by atoms with van der Waals surface area (Å²) in [5.74, 6) is 0.751. The molecule has 1 nitrogen and oxygen atoms in total. The van der Waals surface area contributed by atoms with Gasteiger partial charge in [0.25, 0.3) is 0 Å². The van der Waals surface area contributed by atoms with Crippen LogP contribution in [0, 0.1) is 5.92 Å². The topological polar surface area (TPSA) is 3.24 Å². The molecule has 0 bridgehead atoms. The Kier molecular flexibility index (Phi) is 6.74. The summed E-state index contributed by atoms with van der Waals surface area (Å²) in [6, 6.07) is 11.3. The molecule has 1 rings (SSSR count). The number of benzene rings is 1. The van der Waals surface area contributed by atoms with Crippen LogP contribution in [-0.4, -0.2) is 17.5 Å². The Morgan fingerprint density at radius 1 is 1.22 bits per heavy atom. The maximum atomic E-state index is 3.86. The summed E-state index contributed by atoms with van der Waals surface area (Å²) in [5, 5.41) is 0. The molecule has 0 amide bonds. The minimum absolute atomic E-state index is 0.566. The molecule has 0 saturated heterocycles. The predicted octanol–water partition coefficient (Wildman–Crippen LogP) is 4.50. The summed E-state index contributed by atoms with van der Waals surface area (Å²) in [7, 11) is 0. The maximum Gasteiger partial charge on any atom is 0.0236 e. The molecule has 1 aromatic carbocycles. The second-order valence-corrected chi connectivity index (χ2v) is 5.30. The van der Waals surface area contributed by atoms with E-state index in [9.17, 15) is 0 Å². The average molecular weight is 245 g/mol. The maximum absolute atomic E-state index is 3.86. The van der Waals surface area contributed by atoms with Crippen LogP contribution >= 0.6 is 0 Å². The molecule has 1 aromatic rings. The van der Waals surface area contributed by atoms with Gasteiger partial charge in [0.05, 0.1) is 0 Å². The average Bonchev–Trinajstić information content (AvgIpc) is 2.39. The Bertz CT molecular complexity index is 331. The van der Waals surface area contributed by atoms with Crippen molar-refractivity contribution < 1.29 is 0 Å². The summed E-state index contributed by atoms with van der Waals surface area (Å²) in [4.78, 5) is 2.57. The molecule has 1 heteroatoms. The lowest BCUT2D eigenvalue weighted by Gasteiger charge is -2.31. The van der Waals surface area contributed by atoms with E-state index in [4.69, 9.17) is 0 Å². The fraction of sp³-hybridized carbons (Fsp3) is 0.529. The minimum Gasteiger partial charge on any atom is -0.296 e. The van der Waals surface area contributed by atoms with Gasteiger partial charge in [-0.3, -0.25) is 4.90 Å². The highest BCUT2D eigenvalue weighted by Crippen LogP contribution is 2.14. The zero-order chi connectivity index (χ0) is 13.4. The highest BCUT2D eigenvalue weighted by Gasteiger charge is 2.15. The summed E-state index contributed by atoms with van der Waals surface area (Å²) in [6.07, 6.45) is 4.33. The molecule has 2 unspecified atom stereocenters. The molecule has 2 atom stereocenters. The van der Waals surface area contributed by atoms with Gasteiger partial charge >= 0.3 is 0 Å². The van der Waals surface area contributed by atoms with Gasteiger partial charge in [-0.1, -0.05) is 56.7 Å². The summed E-state index contributed by atoms with van der Waals surface area (Å²) in [5.41, 5.74) is 1.40. The SMILES string of the molecule is C=CCC(C)N(Cc1ccccc1)CC(C)CC. The quantitative estimate of drug-likeness (QED) is 0.610. The lowest BCUT2D eigenvalue weighted by molar-refractivity contribution is 0.172. The Morgan fingerprint density at radius 3 is 2.44 bits per heavy atom. The number of hydrogen-bond donors (Lipinski definition) is 0. The Labute approximate surface area is 113 Å². The zero-order valence-corrected chi connectivity index (χ0v) is 12.1. The smallest absolute Gasteiger partial charge is 0.0236 e. The highest BCUT2D eigenvalue weighted by atomic mass is 15.1. The van der Waals surface area contributed by atoms with Crippen molar-refractivity contribution in [1.29, 1.82) is 0 Å². The van der Waals surface area contributed by atoms with E-state index < -0.39 is 0 Å². The van der Waals surface area contributed by atoms with E-state index >= 15 is 0 Å². The van der Waals surface area contributed by atoms with Crippen LogP contribution in [0.5, 0.6) is 0 Å². The molecule has 0 saturated carbocycles. The third-order valence-corrected chi connectivity index (χ3v) is 3.60. The molecule has 0 radical (unpaired) electrons. The van der Waals surface area contributed by atoms with E-state index in [1.165, 1.54) is 18.5 Å². The van der Waals surface area contributed by atoms with E-state index in [1.54, 1.807) is 0 Å². The first kappa shape index (κ1) is 15.0. The number of nitrogens with zero attached hydrogens (tertiary/aromatic N) is 1. The van der Waals surface area contributed by atoms with Gasteiger partial charge in [0, 0.05) is 19.1 Å². The first-order valence-corrected chi connectivity index (χ1v) is 7.06.